The van der Waals surface area contributed by atoms with Crippen LogP contribution in [0.5, 0.6) is 0 Å². The van der Waals surface area contributed by atoms with Crippen LogP contribution in [-0.4, -0.2) is 35.3 Å². The van der Waals surface area contributed by atoms with E-state index in [1.807, 2.05) is 0 Å². The standard InChI is InChI=1S/C12H16N4O2S/c17-11(9-3-1-5-13-7-9)15-16-12(19)14-8-10-4-2-6-18-10/h1,3,5,7,10H,2,4,6,8H2,(H,15,17)(H2,14,16,19). The van der Waals surface area contributed by atoms with E-state index < -0.39 is 0 Å². The molecule has 0 spiro atoms. The summed E-state index contributed by atoms with van der Waals surface area (Å²) in [5.41, 5.74) is 5.61. The fraction of sp³-hybridized carbons (Fsp3) is 0.417. The minimum atomic E-state index is -0.283. The minimum absolute atomic E-state index is 0.203. The molecule has 0 bridgehead atoms. The molecule has 1 aromatic rings. The van der Waals surface area contributed by atoms with Crippen LogP contribution in [0.4, 0.5) is 0 Å². The van der Waals surface area contributed by atoms with Gasteiger partial charge in [-0.1, -0.05) is 0 Å². The average Bonchev–Trinajstić information content (AvgIpc) is 2.96. The largest absolute Gasteiger partial charge is 0.376 e. The third-order valence-corrected chi connectivity index (χ3v) is 2.97. The number of hydrogen-bond donors (Lipinski definition) is 3. The molecule has 1 aliphatic heterocycles. The maximum absolute atomic E-state index is 11.7. The third-order valence-electron chi connectivity index (χ3n) is 2.73. The van der Waals surface area contributed by atoms with Crippen LogP contribution in [0.1, 0.15) is 23.2 Å². The van der Waals surface area contributed by atoms with E-state index in [4.69, 9.17) is 17.0 Å². The molecule has 1 aromatic heterocycles. The van der Waals surface area contributed by atoms with E-state index in [9.17, 15) is 4.79 Å². The minimum Gasteiger partial charge on any atom is -0.376 e. The molecule has 1 unspecified atom stereocenters. The molecule has 1 aliphatic rings. The third kappa shape index (κ3) is 4.46. The Morgan fingerprint density at radius 3 is 3.11 bits per heavy atom. The number of rotatable bonds is 3. The van der Waals surface area contributed by atoms with Crippen molar-refractivity contribution in [3.05, 3.63) is 30.1 Å². The molecule has 1 saturated heterocycles. The van der Waals surface area contributed by atoms with Crippen molar-refractivity contribution in [3.8, 4) is 0 Å². The summed E-state index contributed by atoms with van der Waals surface area (Å²) in [6, 6.07) is 3.37. The number of amides is 1. The molecule has 2 rings (SSSR count). The quantitative estimate of drug-likeness (QED) is 0.549. The predicted octanol–water partition coefficient (Wildman–Crippen LogP) is 0.369. The highest BCUT2D eigenvalue weighted by Crippen LogP contribution is 2.10. The summed E-state index contributed by atoms with van der Waals surface area (Å²) >= 11 is 5.05. The SMILES string of the molecule is O=C(NNC(=S)NCC1CCCO1)c1cccnc1. The average molecular weight is 280 g/mol. The molecule has 1 atom stereocenters. The van der Waals surface area contributed by atoms with Crippen molar-refractivity contribution in [1.82, 2.24) is 21.2 Å². The van der Waals surface area contributed by atoms with Crippen molar-refractivity contribution >= 4 is 23.2 Å². The molecule has 1 amide bonds. The van der Waals surface area contributed by atoms with Gasteiger partial charge in [0, 0.05) is 25.5 Å². The van der Waals surface area contributed by atoms with Gasteiger partial charge in [0.15, 0.2) is 5.11 Å². The van der Waals surface area contributed by atoms with Gasteiger partial charge in [-0.05, 0) is 37.2 Å². The Balaban J connectivity index is 1.67. The molecule has 7 heteroatoms. The number of nitrogens with one attached hydrogen (secondary N) is 3. The Hall–Kier alpha value is -1.73. The first-order valence-corrected chi connectivity index (χ1v) is 6.52. The summed E-state index contributed by atoms with van der Waals surface area (Å²) in [6.07, 6.45) is 5.42. The molecule has 102 valence electrons. The lowest BCUT2D eigenvalue weighted by Gasteiger charge is -2.14. The lowest BCUT2D eigenvalue weighted by molar-refractivity contribution is 0.0943. The van der Waals surface area contributed by atoms with Gasteiger partial charge < -0.3 is 10.1 Å². The highest BCUT2D eigenvalue weighted by molar-refractivity contribution is 7.80. The number of ether oxygens (including phenoxy) is 1. The van der Waals surface area contributed by atoms with Crippen molar-refractivity contribution in [2.75, 3.05) is 13.2 Å². The van der Waals surface area contributed by atoms with Crippen LogP contribution in [0.2, 0.25) is 0 Å². The van der Waals surface area contributed by atoms with Gasteiger partial charge in [-0.15, -0.1) is 0 Å². The molecule has 0 radical (unpaired) electrons. The molecule has 3 N–H and O–H groups in total. The number of pyridine rings is 1. The number of carbonyl (C=O) groups excluding carboxylic acids is 1. The van der Waals surface area contributed by atoms with E-state index in [1.165, 1.54) is 6.20 Å². The number of carbonyl (C=O) groups is 1. The van der Waals surface area contributed by atoms with Crippen LogP contribution in [0.25, 0.3) is 0 Å². The fourth-order valence-electron chi connectivity index (χ4n) is 1.74. The van der Waals surface area contributed by atoms with E-state index >= 15 is 0 Å². The van der Waals surface area contributed by atoms with E-state index in [2.05, 4.69) is 21.2 Å². The Morgan fingerprint density at radius 2 is 2.42 bits per heavy atom. The molecular formula is C12H16N4O2S. The second-order valence-corrected chi connectivity index (χ2v) is 4.57. The van der Waals surface area contributed by atoms with Crippen LogP contribution in [0.3, 0.4) is 0 Å². The first kappa shape index (κ1) is 13.7. The van der Waals surface area contributed by atoms with Gasteiger partial charge in [-0.25, -0.2) is 0 Å². The van der Waals surface area contributed by atoms with Gasteiger partial charge in [-0.2, -0.15) is 0 Å². The number of nitrogens with zero attached hydrogens (tertiary/aromatic N) is 1. The van der Waals surface area contributed by atoms with E-state index in [0.29, 0.717) is 17.2 Å². The highest BCUT2D eigenvalue weighted by Gasteiger charge is 2.15. The van der Waals surface area contributed by atoms with E-state index in [1.54, 1.807) is 18.3 Å². The topological polar surface area (TPSA) is 75.3 Å². The normalized spacial score (nSPS) is 17.8. The Morgan fingerprint density at radius 1 is 1.53 bits per heavy atom. The second kappa shape index (κ2) is 7.01. The lowest BCUT2D eigenvalue weighted by atomic mass is 10.2. The first-order valence-electron chi connectivity index (χ1n) is 6.11. The highest BCUT2D eigenvalue weighted by atomic mass is 32.1. The maximum atomic E-state index is 11.7. The monoisotopic (exact) mass is 280 g/mol. The molecule has 19 heavy (non-hydrogen) atoms. The molecule has 0 aliphatic carbocycles. The van der Waals surface area contributed by atoms with Crippen molar-refractivity contribution in [2.24, 2.45) is 0 Å². The van der Waals surface area contributed by atoms with Gasteiger partial charge in [0.25, 0.3) is 5.91 Å². The molecular weight excluding hydrogens is 264 g/mol. The van der Waals surface area contributed by atoms with Gasteiger partial charge in [-0.3, -0.25) is 20.6 Å². The summed E-state index contributed by atoms with van der Waals surface area (Å²) in [5, 5.41) is 3.36. The number of thiocarbonyl (C=S) groups is 1. The summed E-state index contributed by atoms with van der Waals surface area (Å²) in [5.74, 6) is -0.283. The maximum Gasteiger partial charge on any atom is 0.271 e. The second-order valence-electron chi connectivity index (χ2n) is 4.17. The van der Waals surface area contributed by atoms with Gasteiger partial charge in [0.05, 0.1) is 11.7 Å². The molecule has 0 saturated carbocycles. The van der Waals surface area contributed by atoms with Gasteiger partial charge in [0.1, 0.15) is 0 Å². The van der Waals surface area contributed by atoms with Crippen LogP contribution in [0, 0.1) is 0 Å². The van der Waals surface area contributed by atoms with Crippen molar-refractivity contribution in [1.29, 1.82) is 0 Å². The zero-order valence-electron chi connectivity index (χ0n) is 10.4. The summed E-state index contributed by atoms with van der Waals surface area (Å²) in [4.78, 5) is 15.6. The number of hydrazine groups is 1. The summed E-state index contributed by atoms with van der Waals surface area (Å²) in [6.45, 7) is 1.46. The Bertz CT molecular complexity index is 435. The smallest absolute Gasteiger partial charge is 0.271 e. The van der Waals surface area contributed by atoms with E-state index in [-0.39, 0.29) is 12.0 Å². The zero-order valence-corrected chi connectivity index (χ0v) is 11.2. The zero-order chi connectivity index (χ0) is 13.5. The summed E-state index contributed by atoms with van der Waals surface area (Å²) < 4.78 is 5.45. The Kier molecular flexibility index (Phi) is 5.05. The molecule has 1 fully saturated rings. The van der Waals surface area contributed by atoms with Crippen LogP contribution in [-0.2, 0) is 4.74 Å². The van der Waals surface area contributed by atoms with Crippen LogP contribution in [0.15, 0.2) is 24.5 Å². The molecule has 2 heterocycles. The van der Waals surface area contributed by atoms with Gasteiger partial charge >= 0.3 is 0 Å². The predicted molar refractivity (Wildman–Crippen MR) is 74.4 cm³/mol. The van der Waals surface area contributed by atoms with Crippen molar-refractivity contribution < 1.29 is 9.53 Å². The fourth-order valence-corrected chi connectivity index (χ4v) is 1.87. The summed E-state index contributed by atoms with van der Waals surface area (Å²) in [7, 11) is 0. The van der Waals surface area contributed by atoms with Gasteiger partial charge in [0.2, 0.25) is 0 Å². The first-order chi connectivity index (χ1) is 9.25. The number of aromatic nitrogens is 1. The van der Waals surface area contributed by atoms with Crippen molar-refractivity contribution in [3.63, 3.8) is 0 Å². The van der Waals surface area contributed by atoms with Crippen LogP contribution >= 0.6 is 12.2 Å². The lowest BCUT2D eigenvalue weighted by Crippen LogP contribution is -2.48. The van der Waals surface area contributed by atoms with Crippen LogP contribution < -0.4 is 16.2 Å². The van der Waals surface area contributed by atoms with E-state index in [0.717, 1.165) is 19.4 Å². The molecule has 0 aromatic carbocycles. The van der Waals surface area contributed by atoms with Crippen molar-refractivity contribution in [2.45, 2.75) is 18.9 Å². The number of hydrogen-bond acceptors (Lipinski definition) is 4. The molecule has 6 nitrogen and oxygen atoms in total. The Labute approximate surface area is 116 Å².